The molecule has 0 amide bonds. The van der Waals surface area contributed by atoms with Gasteiger partial charge in [-0.1, -0.05) is 60.7 Å². The molecular formula is C34H42N2O2. The molecule has 2 saturated heterocycles. The Morgan fingerprint density at radius 1 is 0.737 bits per heavy atom. The maximum Gasteiger partial charge on any atom is 0.162 e. The molecule has 2 heterocycles. The Morgan fingerprint density at radius 3 is 1.89 bits per heavy atom. The normalized spacial score (nSPS) is 17.4. The zero-order chi connectivity index (χ0) is 26.2. The van der Waals surface area contributed by atoms with Crippen LogP contribution in [0.1, 0.15) is 72.9 Å². The quantitative estimate of drug-likeness (QED) is 0.244. The Kier molecular flexibility index (Phi) is 8.93. The van der Waals surface area contributed by atoms with Gasteiger partial charge in [-0.05, 0) is 106 Å². The van der Waals surface area contributed by atoms with E-state index in [9.17, 15) is 9.90 Å². The lowest BCUT2D eigenvalue weighted by Crippen LogP contribution is -2.44. The Morgan fingerprint density at radius 2 is 1.32 bits per heavy atom. The summed E-state index contributed by atoms with van der Waals surface area (Å²) in [7, 11) is 0. The predicted octanol–water partition coefficient (Wildman–Crippen LogP) is 6.68. The minimum absolute atomic E-state index is 0.179. The smallest absolute Gasteiger partial charge is 0.162 e. The van der Waals surface area contributed by atoms with Crippen LogP contribution in [0.4, 0.5) is 5.69 Å². The fraction of sp³-hybridized carbons (Fsp3) is 0.441. The molecule has 3 aromatic rings. The number of piperidine rings is 2. The van der Waals surface area contributed by atoms with Crippen molar-refractivity contribution in [3.05, 3.63) is 102 Å². The Labute approximate surface area is 228 Å². The van der Waals surface area contributed by atoms with Crippen LogP contribution in [0, 0.1) is 5.92 Å². The summed E-state index contributed by atoms with van der Waals surface area (Å²) >= 11 is 0. The molecule has 4 nitrogen and oxygen atoms in total. The molecule has 0 saturated carbocycles. The number of nitrogens with zero attached hydrogens (tertiary/aromatic N) is 2. The van der Waals surface area contributed by atoms with Gasteiger partial charge in [0.15, 0.2) is 5.78 Å². The van der Waals surface area contributed by atoms with E-state index in [1.807, 2.05) is 48.5 Å². The van der Waals surface area contributed by atoms with Gasteiger partial charge >= 0.3 is 0 Å². The second kappa shape index (κ2) is 12.7. The van der Waals surface area contributed by atoms with E-state index in [0.717, 1.165) is 75.1 Å². The number of unbranched alkanes of at least 4 members (excludes halogenated alkanes) is 1. The van der Waals surface area contributed by atoms with Crippen LogP contribution < -0.4 is 4.90 Å². The van der Waals surface area contributed by atoms with Crippen molar-refractivity contribution in [3.8, 4) is 0 Å². The molecule has 0 radical (unpaired) electrons. The standard InChI is InChI=1S/C34H42N2O2/c37-33(28-17-19-32(20-18-28)36-24-9-3-10-25-36)16-8-11-23-35-26-21-31(22-27-35)34(38,29-12-4-1-5-13-29)30-14-6-2-7-15-30/h1-2,4-7,12-15,17-20,31,38H,3,8-11,16,21-27H2. The number of likely N-dealkylation sites (tertiary alicyclic amines) is 1. The summed E-state index contributed by atoms with van der Waals surface area (Å²) in [6.45, 7) is 5.24. The number of hydrogen-bond donors (Lipinski definition) is 1. The number of anilines is 1. The number of benzene rings is 3. The molecule has 5 rings (SSSR count). The van der Waals surface area contributed by atoms with Crippen molar-refractivity contribution in [1.29, 1.82) is 0 Å². The lowest BCUT2D eigenvalue weighted by Gasteiger charge is -2.42. The van der Waals surface area contributed by atoms with Crippen LogP contribution in [0.3, 0.4) is 0 Å². The van der Waals surface area contributed by atoms with Gasteiger partial charge in [-0.25, -0.2) is 0 Å². The van der Waals surface area contributed by atoms with Crippen LogP contribution in [-0.4, -0.2) is 48.5 Å². The maximum atomic E-state index is 12.8. The number of hydrogen-bond acceptors (Lipinski definition) is 4. The Bertz CT molecular complexity index is 1090. The van der Waals surface area contributed by atoms with Crippen LogP contribution in [-0.2, 0) is 5.60 Å². The fourth-order valence-electron chi connectivity index (χ4n) is 6.37. The van der Waals surface area contributed by atoms with Gasteiger partial charge in [-0.3, -0.25) is 4.79 Å². The summed E-state index contributed by atoms with van der Waals surface area (Å²) < 4.78 is 0. The Balaban J connectivity index is 1.08. The average Bonchev–Trinajstić information content (AvgIpc) is 3.00. The van der Waals surface area contributed by atoms with E-state index < -0.39 is 5.60 Å². The van der Waals surface area contributed by atoms with Crippen molar-refractivity contribution in [2.75, 3.05) is 37.6 Å². The number of rotatable bonds is 10. The predicted molar refractivity (Wildman–Crippen MR) is 156 cm³/mol. The summed E-state index contributed by atoms with van der Waals surface area (Å²) in [6, 6.07) is 28.6. The molecule has 0 aromatic heterocycles. The highest BCUT2D eigenvalue weighted by Gasteiger charge is 2.41. The van der Waals surface area contributed by atoms with E-state index in [0.29, 0.717) is 6.42 Å². The summed E-state index contributed by atoms with van der Waals surface area (Å²) in [5, 5.41) is 12.1. The van der Waals surface area contributed by atoms with Gasteiger partial charge in [0.05, 0.1) is 0 Å². The highest BCUT2D eigenvalue weighted by atomic mass is 16.3. The minimum atomic E-state index is -0.968. The van der Waals surface area contributed by atoms with Gasteiger partial charge in [0.25, 0.3) is 0 Å². The molecule has 2 aliphatic rings. The van der Waals surface area contributed by atoms with Crippen LogP contribution in [0.15, 0.2) is 84.9 Å². The lowest BCUT2D eigenvalue weighted by atomic mass is 9.72. The van der Waals surface area contributed by atoms with E-state index in [2.05, 4.69) is 46.2 Å². The second-order valence-electron chi connectivity index (χ2n) is 11.1. The van der Waals surface area contributed by atoms with Gasteiger partial charge in [-0.15, -0.1) is 0 Å². The third-order valence-corrected chi connectivity index (χ3v) is 8.64. The monoisotopic (exact) mass is 510 g/mol. The van der Waals surface area contributed by atoms with Crippen LogP contribution in [0.2, 0.25) is 0 Å². The minimum Gasteiger partial charge on any atom is -0.380 e. The van der Waals surface area contributed by atoms with E-state index in [1.165, 1.54) is 24.9 Å². The molecular weight excluding hydrogens is 468 g/mol. The SMILES string of the molecule is O=C(CCCCN1CCC(C(O)(c2ccccc2)c2ccccc2)CC1)c1ccc(N2CCCCC2)cc1. The largest absolute Gasteiger partial charge is 0.380 e. The van der Waals surface area contributed by atoms with Crippen LogP contribution in [0.5, 0.6) is 0 Å². The lowest BCUT2D eigenvalue weighted by molar-refractivity contribution is -0.0143. The first-order valence-electron chi connectivity index (χ1n) is 14.6. The van der Waals surface area contributed by atoms with Crippen molar-refractivity contribution in [3.63, 3.8) is 0 Å². The first-order chi connectivity index (χ1) is 18.6. The molecule has 38 heavy (non-hydrogen) atoms. The average molecular weight is 511 g/mol. The highest BCUT2D eigenvalue weighted by molar-refractivity contribution is 5.96. The van der Waals surface area contributed by atoms with Gasteiger partial charge in [0, 0.05) is 30.8 Å². The summed E-state index contributed by atoms with van der Waals surface area (Å²) in [4.78, 5) is 17.7. The van der Waals surface area contributed by atoms with Crippen LogP contribution >= 0.6 is 0 Å². The van der Waals surface area contributed by atoms with Crippen molar-refractivity contribution in [2.24, 2.45) is 5.92 Å². The first-order valence-corrected chi connectivity index (χ1v) is 14.6. The van der Waals surface area contributed by atoms with Gasteiger partial charge < -0.3 is 14.9 Å². The molecule has 200 valence electrons. The number of aliphatic hydroxyl groups is 1. The summed E-state index contributed by atoms with van der Waals surface area (Å²) in [6.07, 6.45) is 8.34. The van der Waals surface area contributed by atoms with E-state index >= 15 is 0 Å². The number of ketones is 1. The Hall–Kier alpha value is -2.95. The third kappa shape index (κ3) is 6.19. The molecule has 0 atom stereocenters. The number of carbonyl (C=O) groups excluding carboxylic acids is 1. The van der Waals surface area contributed by atoms with Crippen molar-refractivity contribution in [1.82, 2.24) is 4.90 Å². The molecule has 0 bridgehead atoms. The third-order valence-electron chi connectivity index (χ3n) is 8.64. The molecule has 0 spiro atoms. The summed E-state index contributed by atoms with van der Waals surface area (Å²) in [5.41, 5.74) is 3.08. The molecule has 1 N–H and O–H groups in total. The van der Waals surface area contributed by atoms with E-state index in [-0.39, 0.29) is 11.7 Å². The van der Waals surface area contributed by atoms with Crippen LogP contribution in [0.25, 0.3) is 0 Å². The van der Waals surface area contributed by atoms with E-state index in [1.54, 1.807) is 0 Å². The van der Waals surface area contributed by atoms with Gasteiger partial charge in [0.2, 0.25) is 0 Å². The molecule has 0 aliphatic carbocycles. The van der Waals surface area contributed by atoms with Crippen molar-refractivity contribution < 1.29 is 9.90 Å². The topological polar surface area (TPSA) is 43.8 Å². The molecule has 2 fully saturated rings. The molecule has 0 unspecified atom stereocenters. The zero-order valence-electron chi connectivity index (χ0n) is 22.6. The molecule has 4 heteroatoms. The van der Waals surface area contributed by atoms with E-state index in [4.69, 9.17) is 0 Å². The van der Waals surface area contributed by atoms with Crippen molar-refractivity contribution in [2.45, 2.75) is 57.0 Å². The fourth-order valence-corrected chi connectivity index (χ4v) is 6.37. The maximum absolute atomic E-state index is 12.8. The first kappa shape index (κ1) is 26.6. The zero-order valence-corrected chi connectivity index (χ0v) is 22.6. The van der Waals surface area contributed by atoms with Crippen molar-refractivity contribution >= 4 is 11.5 Å². The summed E-state index contributed by atoms with van der Waals surface area (Å²) in [5.74, 6) is 0.433. The second-order valence-corrected chi connectivity index (χ2v) is 11.1. The highest BCUT2D eigenvalue weighted by Crippen LogP contribution is 2.41. The molecule has 2 aliphatic heterocycles. The van der Waals surface area contributed by atoms with Gasteiger partial charge in [0.1, 0.15) is 5.60 Å². The number of Topliss-reactive ketones (excluding diaryl/α,β-unsaturated/α-hetero) is 1. The number of carbonyl (C=O) groups is 1. The molecule has 3 aromatic carbocycles. The van der Waals surface area contributed by atoms with Gasteiger partial charge in [-0.2, -0.15) is 0 Å².